The lowest BCUT2D eigenvalue weighted by Crippen LogP contribution is -2.68. The fraction of sp³-hybridized carbons (Fsp3) is 0.609. The van der Waals surface area contributed by atoms with E-state index >= 15 is 0 Å². The predicted molar refractivity (Wildman–Crippen MR) is 226 cm³/mol. The molecular formula is C46H62Cl2N4O2. The highest BCUT2D eigenvalue weighted by Crippen LogP contribution is 2.71. The molecule has 0 saturated heterocycles. The van der Waals surface area contributed by atoms with Gasteiger partial charge in [-0.3, -0.25) is 9.59 Å². The molecule has 1 fully saturated rings. The summed E-state index contributed by atoms with van der Waals surface area (Å²) in [5.41, 5.74) is 0.0411. The van der Waals surface area contributed by atoms with Crippen molar-refractivity contribution in [3.05, 3.63) is 59.7 Å². The van der Waals surface area contributed by atoms with E-state index in [4.69, 9.17) is 23.2 Å². The lowest BCUT2D eigenvalue weighted by Gasteiger charge is -2.56. The molecule has 4 rings (SSSR count). The highest BCUT2D eigenvalue weighted by Gasteiger charge is 2.78. The number of benzene rings is 2. The maximum Gasteiger partial charge on any atom is 0.179 e. The topological polar surface area (TPSA) is 88.2 Å². The summed E-state index contributed by atoms with van der Waals surface area (Å²) in [6.45, 7) is 12.7. The van der Waals surface area contributed by atoms with E-state index in [2.05, 4.69) is 49.6 Å². The van der Waals surface area contributed by atoms with Gasteiger partial charge in [0.1, 0.15) is 10.8 Å². The monoisotopic (exact) mass is 772 g/mol. The molecule has 0 bridgehead atoms. The Balaban J connectivity index is 1.80. The van der Waals surface area contributed by atoms with E-state index in [-0.39, 0.29) is 0 Å². The number of halogens is 2. The lowest BCUT2D eigenvalue weighted by atomic mass is 9.39. The number of hydrogen-bond acceptors (Lipinski definition) is 6. The molecule has 292 valence electrons. The van der Waals surface area contributed by atoms with Crippen molar-refractivity contribution >= 4 is 57.3 Å². The molecule has 2 aliphatic carbocycles. The van der Waals surface area contributed by atoms with Crippen LogP contribution in [0, 0.1) is 33.5 Å². The molecule has 8 heteroatoms. The summed E-state index contributed by atoms with van der Waals surface area (Å²) in [7, 11) is 0. The van der Waals surface area contributed by atoms with Gasteiger partial charge in [0.25, 0.3) is 0 Å². The number of Topliss-reactive ketones (excluding diaryl/α,β-unsaturated/α-hetero) is 2. The molecule has 2 aliphatic rings. The summed E-state index contributed by atoms with van der Waals surface area (Å²) in [4.78, 5) is 33.2. The quantitative estimate of drug-likeness (QED) is 0.0780. The zero-order chi connectivity index (χ0) is 39.1. The number of unbranched alkanes of at least 4 members (excludes halogenated alkanes) is 12. The van der Waals surface area contributed by atoms with Crippen molar-refractivity contribution in [1.29, 1.82) is 10.5 Å². The molecule has 0 spiro atoms. The van der Waals surface area contributed by atoms with Crippen LogP contribution in [0.3, 0.4) is 0 Å². The van der Waals surface area contributed by atoms with Crippen molar-refractivity contribution in [2.75, 3.05) is 36.0 Å². The predicted octanol–water partition coefficient (Wildman–Crippen LogP) is 11.9. The maximum atomic E-state index is 14.2. The molecule has 0 N–H and O–H groups in total. The van der Waals surface area contributed by atoms with Gasteiger partial charge >= 0.3 is 0 Å². The minimum absolute atomic E-state index is 0.381. The summed E-state index contributed by atoms with van der Waals surface area (Å²) in [5, 5.41) is 19.0. The van der Waals surface area contributed by atoms with Crippen molar-refractivity contribution in [2.45, 2.75) is 141 Å². The molecule has 0 radical (unpaired) electrons. The number of nitriles is 2. The molecule has 0 amide bonds. The zero-order valence-corrected chi connectivity index (χ0v) is 34.8. The molecule has 0 aliphatic heterocycles. The van der Waals surface area contributed by atoms with Gasteiger partial charge in [-0.15, -0.1) is 23.2 Å². The Hall–Kier alpha value is -3.32. The molecule has 0 heterocycles. The van der Waals surface area contributed by atoms with Crippen molar-refractivity contribution < 1.29 is 9.59 Å². The van der Waals surface area contributed by atoms with E-state index in [0.29, 0.717) is 22.3 Å². The van der Waals surface area contributed by atoms with Crippen molar-refractivity contribution in [2.24, 2.45) is 10.8 Å². The fourth-order valence-corrected chi connectivity index (χ4v) is 8.99. The normalized spacial score (nSPS) is 22.0. The first kappa shape index (κ1) is 43.4. The Labute approximate surface area is 335 Å². The molecule has 4 unspecified atom stereocenters. The number of nitrogens with zero attached hydrogens (tertiary/aromatic N) is 4. The van der Waals surface area contributed by atoms with Gasteiger partial charge in [-0.25, -0.2) is 0 Å². The number of carbonyl (C=O) groups is 2. The smallest absolute Gasteiger partial charge is 0.179 e. The summed E-state index contributed by atoms with van der Waals surface area (Å²) in [6, 6.07) is 20.3. The number of fused-ring (bicyclic) bond motifs is 1. The number of rotatable bonds is 24. The third-order valence-electron chi connectivity index (χ3n) is 11.6. The van der Waals surface area contributed by atoms with Crippen LogP contribution < -0.4 is 9.80 Å². The number of ketones is 2. The van der Waals surface area contributed by atoms with Gasteiger partial charge in [-0.2, -0.15) is 10.5 Å². The van der Waals surface area contributed by atoms with Crippen LogP contribution in [0.5, 0.6) is 0 Å². The van der Waals surface area contributed by atoms with Crippen LogP contribution in [0.4, 0.5) is 11.4 Å². The number of anilines is 2. The zero-order valence-electron chi connectivity index (χ0n) is 33.3. The van der Waals surface area contributed by atoms with Crippen LogP contribution in [-0.4, -0.2) is 48.5 Å². The standard InChI is InChI=1S/C46H62Cl2N4O2/c1-5-9-13-17-29-51(30-18-14-10-6-2)37-25-21-35(22-26-37)39-40(46(34-50)44(54)42(48)41(47)43(53)45(39,46)33-49)36-23-27-38(28-24-36)52(31-19-15-11-7-3)32-20-16-12-8-4/h21-28,41-42H,5-20,29-32H2,1-4H3. The number of allylic oxidation sites excluding steroid dienone is 2. The second kappa shape index (κ2) is 21.1. The number of hydrogen-bond donors (Lipinski definition) is 0. The van der Waals surface area contributed by atoms with Crippen LogP contribution in [-0.2, 0) is 9.59 Å². The summed E-state index contributed by atoms with van der Waals surface area (Å²) in [5.74, 6) is -1.38. The number of alkyl halides is 2. The summed E-state index contributed by atoms with van der Waals surface area (Å²) in [6.07, 6.45) is 18.8. The van der Waals surface area contributed by atoms with Gasteiger partial charge in [0.2, 0.25) is 0 Å². The molecule has 2 aromatic carbocycles. The van der Waals surface area contributed by atoms with Crippen LogP contribution in [0.15, 0.2) is 48.5 Å². The van der Waals surface area contributed by atoms with Gasteiger partial charge in [0, 0.05) is 37.6 Å². The van der Waals surface area contributed by atoms with E-state index in [1.165, 1.54) is 77.0 Å². The Morgan fingerprint density at radius 2 is 0.778 bits per heavy atom. The summed E-state index contributed by atoms with van der Waals surface area (Å²) < 4.78 is 0. The minimum atomic E-state index is -2.07. The minimum Gasteiger partial charge on any atom is -0.372 e. The van der Waals surface area contributed by atoms with E-state index in [9.17, 15) is 20.1 Å². The lowest BCUT2D eigenvalue weighted by molar-refractivity contribution is -0.140. The molecular weight excluding hydrogens is 711 g/mol. The van der Waals surface area contributed by atoms with Crippen LogP contribution in [0.2, 0.25) is 0 Å². The number of carbonyl (C=O) groups excluding carboxylic acids is 2. The average Bonchev–Trinajstić information content (AvgIpc) is 3.19. The van der Waals surface area contributed by atoms with E-state index in [1.54, 1.807) is 0 Å². The maximum absolute atomic E-state index is 14.2. The third-order valence-corrected chi connectivity index (χ3v) is 12.6. The summed E-state index contributed by atoms with van der Waals surface area (Å²) >= 11 is 13.1. The van der Waals surface area contributed by atoms with Crippen LogP contribution in [0.25, 0.3) is 11.1 Å². The Bertz CT molecular complexity index is 1500. The van der Waals surface area contributed by atoms with Crippen molar-refractivity contribution in [1.82, 2.24) is 0 Å². The Morgan fingerprint density at radius 3 is 1.02 bits per heavy atom. The first-order valence-electron chi connectivity index (χ1n) is 20.9. The largest absolute Gasteiger partial charge is 0.372 e. The molecule has 6 nitrogen and oxygen atoms in total. The van der Waals surface area contributed by atoms with Gasteiger partial charge < -0.3 is 9.80 Å². The van der Waals surface area contributed by atoms with E-state index < -0.39 is 33.2 Å². The third kappa shape index (κ3) is 8.87. The Kier molecular flexibility index (Phi) is 17.0. The van der Waals surface area contributed by atoms with Gasteiger partial charge in [0.05, 0.1) is 12.1 Å². The van der Waals surface area contributed by atoms with Crippen molar-refractivity contribution in [3.63, 3.8) is 0 Å². The fourth-order valence-electron chi connectivity index (χ4n) is 8.43. The molecule has 54 heavy (non-hydrogen) atoms. The molecule has 0 aromatic heterocycles. The molecule has 1 saturated carbocycles. The van der Waals surface area contributed by atoms with E-state index in [1.807, 2.05) is 48.5 Å². The highest BCUT2D eigenvalue weighted by atomic mass is 35.5. The molecule has 4 atom stereocenters. The SMILES string of the molecule is CCCCCCN(CCCCCC)c1ccc(C2=C(c3ccc(N(CCCCCC)CCCCCC)cc3)C3(C#N)C(=O)C(Cl)C(Cl)C(=O)C23C#N)cc1. The van der Waals surface area contributed by atoms with Gasteiger partial charge in [-0.05, 0) is 72.2 Å². The second-order valence-electron chi connectivity index (χ2n) is 15.3. The first-order chi connectivity index (χ1) is 26.2. The van der Waals surface area contributed by atoms with Crippen LogP contribution >= 0.6 is 23.2 Å². The van der Waals surface area contributed by atoms with Gasteiger partial charge in [-0.1, -0.05) is 129 Å². The average molecular weight is 774 g/mol. The molecule has 2 aromatic rings. The van der Waals surface area contributed by atoms with Crippen molar-refractivity contribution in [3.8, 4) is 12.1 Å². The van der Waals surface area contributed by atoms with Gasteiger partial charge in [0.15, 0.2) is 22.4 Å². The highest BCUT2D eigenvalue weighted by molar-refractivity contribution is 6.50. The van der Waals surface area contributed by atoms with Crippen LogP contribution in [0.1, 0.15) is 142 Å². The first-order valence-corrected chi connectivity index (χ1v) is 21.8. The Morgan fingerprint density at radius 1 is 0.500 bits per heavy atom. The second-order valence-corrected chi connectivity index (χ2v) is 16.3. The van der Waals surface area contributed by atoms with E-state index in [0.717, 1.165) is 63.2 Å².